The lowest BCUT2D eigenvalue weighted by atomic mass is 10.2. The van der Waals surface area contributed by atoms with Gasteiger partial charge in [0.15, 0.2) is 0 Å². The summed E-state index contributed by atoms with van der Waals surface area (Å²) in [4.78, 5) is 24.9. The van der Waals surface area contributed by atoms with Gasteiger partial charge >= 0.3 is 5.97 Å². The number of nitrogens with one attached hydrogen (secondary N) is 1. The molecule has 7 nitrogen and oxygen atoms in total. The van der Waals surface area contributed by atoms with Gasteiger partial charge in [0.1, 0.15) is 4.88 Å². The fraction of sp³-hybridized carbons (Fsp3) is 0.143. The third kappa shape index (κ3) is 4.37. The minimum Gasteiger partial charge on any atom is -0.465 e. The SMILES string of the molecule is COC(=O)c1cccc(NC(=O)c2sccc2N(C)S(=O)(=O)c2ccc(C)cc2)c1. The van der Waals surface area contributed by atoms with Crippen LogP contribution in [-0.4, -0.2) is 34.5 Å². The summed E-state index contributed by atoms with van der Waals surface area (Å²) >= 11 is 1.12. The Morgan fingerprint density at radius 1 is 1.07 bits per heavy atom. The van der Waals surface area contributed by atoms with Gasteiger partial charge in [0.05, 0.1) is 23.3 Å². The van der Waals surface area contributed by atoms with E-state index in [2.05, 4.69) is 10.1 Å². The van der Waals surface area contributed by atoms with Crippen molar-refractivity contribution in [2.75, 3.05) is 23.8 Å². The van der Waals surface area contributed by atoms with Gasteiger partial charge in [-0.3, -0.25) is 9.10 Å². The summed E-state index contributed by atoms with van der Waals surface area (Å²) < 4.78 is 31.7. The number of nitrogens with zero attached hydrogens (tertiary/aromatic N) is 1. The number of carbonyl (C=O) groups is 2. The van der Waals surface area contributed by atoms with Crippen molar-refractivity contribution in [2.45, 2.75) is 11.8 Å². The molecule has 3 rings (SSSR count). The number of amides is 1. The first-order valence-electron chi connectivity index (χ1n) is 8.87. The molecule has 30 heavy (non-hydrogen) atoms. The molecule has 2 aromatic carbocycles. The third-order valence-electron chi connectivity index (χ3n) is 4.41. The number of sulfonamides is 1. The number of hydrogen-bond acceptors (Lipinski definition) is 6. The van der Waals surface area contributed by atoms with Gasteiger partial charge in [-0.15, -0.1) is 11.3 Å². The highest BCUT2D eigenvalue weighted by molar-refractivity contribution is 7.92. The Bertz CT molecular complexity index is 1180. The standard InChI is InChI=1S/C21H20N2O5S2/c1-14-7-9-17(10-8-14)30(26,27)23(2)18-11-12-29-19(18)20(24)22-16-6-4-5-15(13-16)21(25)28-3/h4-13H,1-3H3,(H,22,24). The predicted octanol–water partition coefficient (Wildman–Crippen LogP) is 3.92. The maximum absolute atomic E-state index is 13.0. The van der Waals surface area contributed by atoms with Crippen LogP contribution in [0.1, 0.15) is 25.6 Å². The molecule has 0 fully saturated rings. The molecule has 0 spiro atoms. The third-order valence-corrected chi connectivity index (χ3v) is 7.10. The lowest BCUT2D eigenvalue weighted by Crippen LogP contribution is -2.28. The highest BCUT2D eigenvalue weighted by atomic mass is 32.2. The van der Waals surface area contributed by atoms with Crippen molar-refractivity contribution in [1.82, 2.24) is 0 Å². The molecule has 1 heterocycles. The number of carbonyl (C=O) groups excluding carboxylic acids is 2. The molecule has 9 heteroatoms. The summed E-state index contributed by atoms with van der Waals surface area (Å²) in [5.41, 5.74) is 1.90. The van der Waals surface area contributed by atoms with Crippen LogP contribution in [0.4, 0.5) is 11.4 Å². The lowest BCUT2D eigenvalue weighted by molar-refractivity contribution is 0.0600. The van der Waals surface area contributed by atoms with Crippen molar-refractivity contribution in [1.29, 1.82) is 0 Å². The van der Waals surface area contributed by atoms with Gasteiger partial charge in [-0.25, -0.2) is 13.2 Å². The molecule has 1 aromatic heterocycles. The molecule has 0 saturated carbocycles. The summed E-state index contributed by atoms with van der Waals surface area (Å²) in [5, 5.41) is 4.35. The predicted molar refractivity (Wildman–Crippen MR) is 117 cm³/mol. The van der Waals surface area contributed by atoms with Crippen molar-refractivity contribution < 1.29 is 22.7 Å². The Kier molecular flexibility index (Phi) is 6.23. The minimum absolute atomic E-state index is 0.138. The number of thiophene rings is 1. The quantitative estimate of drug-likeness (QED) is 0.582. The zero-order valence-electron chi connectivity index (χ0n) is 16.6. The van der Waals surface area contributed by atoms with Crippen LogP contribution >= 0.6 is 11.3 Å². The molecular formula is C21H20N2O5S2. The van der Waals surface area contributed by atoms with Gasteiger partial charge in [0.2, 0.25) is 0 Å². The molecule has 1 amide bonds. The molecule has 0 aliphatic carbocycles. The average Bonchev–Trinajstić information content (AvgIpc) is 3.23. The molecular weight excluding hydrogens is 424 g/mol. The summed E-state index contributed by atoms with van der Waals surface area (Å²) in [6.07, 6.45) is 0. The van der Waals surface area contributed by atoms with Crippen LogP contribution in [0.5, 0.6) is 0 Å². The molecule has 3 aromatic rings. The number of hydrogen-bond donors (Lipinski definition) is 1. The second-order valence-corrected chi connectivity index (χ2v) is 9.33. The largest absolute Gasteiger partial charge is 0.465 e. The number of ether oxygens (including phenoxy) is 1. The molecule has 0 unspecified atom stereocenters. The summed E-state index contributed by atoms with van der Waals surface area (Å²) in [7, 11) is -1.15. The Balaban J connectivity index is 1.86. The van der Waals surface area contributed by atoms with E-state index < -0.39 is 21.9 Å². The topological polar surface area (TPSA) is 92.8 Å². The molecule has 0 atom stereocenters. The second-order valence-electron chi connectivity index (χ2n) is 6.45. The van der Waals surface area contributed by atoms with Gasteiger partial charge in [0, 0.05) is 12.7 Å². The van der Waals surface area contributed by atoms with Crippen molar-refractivity contribution >= 4 is 44.6 Å². The normalized spacial score (nSPS) is 11.0. The number of esters is 1. The van der Waals surface area contributed by atoms with Crippen molar-refractivity contribution in [2.24, 2.45) is 0 Å². The first-order valence-corrected chi connectivity index (χ1v) is 11.2. The Morgan fingerprint density at radius 2 is 1.77 bits per heavy atom. The van der Waals surface area contributed by atoms with Crippen LogP contribution in [0.2, 0.25) is 0 Å². The Morgan fingerprint density at radius 3 is 2.43 bits per heavy atom. The van der Waals surface area contributed by atoms with Gasteiger partial charge in [0.25, 0.3) is 15.9 Å². The number of rotatable bonds is 6. The fourth-order valence-corrected chi connectivity index (χ4v) is 4.83. The van der Waals surface area contributed by atoms with Crippen molar-refractivity contribution in [3.05, 3.63) is 76.0 Å². The monoisotopic (exact) mass is 444 g/mol. The molecule has 1 N–H and O–H groups in total. The maximum atomic E-state index is 13.0. The second kappa shape index (κ2) is 8.68. The highest BCUT2D eigenvalue weighted by Crippen LogP contribution is 2.30. The molecule has 156 valence electrons. The Labute approximate surface area is 179 Å². The number of methoxy groups -OCH3 is 1. The molecule has 0 saturated heterocycles. The molecule has 0 radical (unpaired) electrons. The van der Waals surface area contributed by atoms with E-state index in [0.717, 1.165) is 21.2 Å². The van der Waals surface area contributed by atoms with Crippen molar-refractivity contribution in [3.8, 4) is 0 Å². The zero-order chi connectivity index (χ0) is 21.9. The van der Waals surface area contributed by atoms with E-state index in [4.69, 9.17) is 0 Å². The first kappa shape index (κ1) is 21.5. The summed E-state index contributed by atoms with van der Waals surface area (Å²) in [5.74, 6) is -1.00. The van der Waals surface area contributed by atoms with E-state index in [0.29, 0.717) is 11.3 Å². The van der Waals surface area contributed by atoms with Gasteiger partial charge in [-0.2, -0.15) is 0 Å². The number of aryl methyl sites for hydroxylation is 1. The van der Waals surface area contributed by atoms with E-state index >= 15 is 0 Å². The summed E-state index contributed by atoms with van der Waals surface area (Å²) in [6.45, 7) is 1.87. The first-order chi connectivity index (χ1) is 14.2. The van der Waals surface area contributed by atoms with Crippen LogP contribution in [0.15, 0.2) is 64.9 Å². The van der Waals surface area contributed by atoms with Crippen LogP contribution in [0, 0.1) is 6.92 Å². The van der Waals surface area contributed by atoms with E-state index in [1.54, 1.807) is 41.8 Å². The van der Waals surface area contributed by atoms with Crippen LogP contribution in [-0.2, 0) is 14.8 Å². The van der Waals surface area contributed by atoms with Crippen LogP contribution in [0.3, 0.4) is 0 Å². The van der Waals surface area contributed by atoms with E-state index in [1.807, 2.05) is 6.92 Å². The minimum atomic E-state index is -3.83. The highest BCUT2D eigenvalue weighted by Gasteiger charge is 2.26. The molecule has 0 aliphatic rings. The van der Waals surface area contributed by atoms with E-state index in [1.165, 1.54) is 32.4 Å². The van der Waals surface area contributed by atoms with E-state index in [-0.39, 0.29) is 15.5 Å². The maximum Gasteiger partial charge on any atom is 0.337 e. The van der Waals surface area contributed by atoms with Gasteiger partial charge < -0.3 is 10.1 Å². The smallest absolute Gasteiger partial charge is 0.337 e. The number of benzene rings is 2. The van der Waals surface area contributed by atoms with Crippen molar-refractivity contribution in [3.63, 3.8) is 0 Å². The summed E-state index contributed by atoms with van der Waals surface area (Å²) in [6, 6.07) is 14.4. The van der Waals surface area contributed by atoms with Crippen LogP contribution < -0.4 is 9.62 Å². The van der Waals surface area contributed by atoms with Gasteiger partial charge in [-0.05, 0) is 48.7 Å². The average molecular weight is 445 g/mol. The lowest BCUT2D eigenvalue weighted by Gasteiger charge is -2.20. The molecule has 0 aliphatic heterocycles. The molecule has 0 bridgehead atoms. The van der Waals surface area contributed by atoms with Gasteiger partial charge in [-0.1, -0.05) is 23.8 Å². The van der Waals surface area contributed by atoms with E-state index in [9.17, 15) is 18.0 Å². The zero-order valence-corrected chi connectivity index (χ0v) is 18.2. The van der Waals surface area contributed by atoms with Crippen LogP contribution in [0.25, 0.3) is 0 Å². The number of anilines is 2. The fourth-order valence-electron chi connectivity index (χ4n) is 2.75. The Hall–Kier alpha value is -3.17.